The molecule has 0 spiro atoms. The van der Waals surface area contributed by atoms with Gasteiger partial charge in [0.05, 0.1) is 11.9 Å². The van der Waals surface area contributed by atoms with Gasteiger partial charge in [-0.15, -0.1) is 11.6 Å². The van der Waals surface area contributed by atoms with Gasteiger partial charge >= 0.3 is 0 Å². The Hall–Kier alpha value is -4.05. The highest BCUT2D eigenvalue weighted by Gasteiger charge is 2.36. The molecular weight excluding hydrogens is 494 g/mol. The van der Waals surface area contributed by atoms with Crippen molar-refractivity contribution >= 4 is 29.1 Å². The molecule has 3 unspecified atom stereocenters. The molecule has 1 saturated carbocycles. The van der Waals surface area contributed by atoms with E-state index in [1.807, 2.05) is 13.0 Å². The van der Waals surface area contributed by atoms with Crippen molar-refractivity contribution in [1.82, 2.24) is 30.5 Å². The van der Waals surface area contributed by atoms with Gasteiger partial charge in [-0.1, -0.05) is 0 Å². The summed E-state index contributed by atoms with van der Waals surface area (Å²) in [5, 5.41) is 10.5. The summed E-state index contributed by atoms with van der Waals surface area (Å²) in [6, 6.07) is 8.08. The van der Waals surface area contributed by atoms with Gasteiger partial charge in [0.15, 0.2) is 12.2 Å². The van der Waals surface area contributed by atoms with Crippen LogP contribution >= 0.6 is 11.6 Å². The van der Waals surface area contributed by atoms with Gasteiger partial charge in [-0.25, -0.2) is 15.0 Å². The van der Waals surface area contributed by atoms with Gasteiger partial charge in [-0.2, -0.15) is 5.10 Å². The molecule has 11 heteroatoms. The largest absolute Gasteiger partial charge is 0.444 e. The molecule has 0 saturated heterocycles. The number of rotatable bonds is 8. The van der Waals surface area contributed by atoms with Crippen molar-refractivity contribution < 1.29 is 14.0 Å². The molecule has 1 fully saturated rings. The maximum atomic E-state index is 13.8. The summed E-state index contributed by atoms with van der Waals surface area (Å²) in [6.07, 6.45) is 9.92. The van der Waals surface area contributed by atoms with Crippen molar-refractivity contribution in [2.75, 3.05) is 10.8 Å². The number of aromatic amines is 1. The van der Waals surface area contributed by atoms with Crippen molar-refractivity contribution in [3.05, 3.63) is 78.6 Å². The number of halogens is 1. The molecule has 37 heavy (non-hydrogen) atoms. The Bertz CT molecular complexity index is 1340. The minimum atomic E-state index is -1.00. The van der Waals surface area contributed by atoms with Crippen LogP contribution in [0.1, 0.15) is 48.2 Å². The van der Waals surface area contributed by atoms with Crippen molar-refractivity contribution in [1.29, 1.82) is 0 Å². The second kappa shape index (κ2) is 10.9. The molecule has 10 nitrogen and oxygen atoms in total. The second-order valence-electron chi connectivity index (χ2n) is 9.08. The number of oxazole rings is 1. The highest BCUT2D eigenvalue weighted by atomic mass is 35.5. The van der Waals surface area contributed by atoms with Crippen LogP contribution < -0.4 is 10.2 Å². The summed E-state index contributed by atoms with van der Waals surface area (Å²) >= 11 is 6.02. The third-order valence-corrected chi connectivity index (χ3v) is 6.80. The predicted octanol–water partition coefficient (Wildman–Crippen LogP) is 3.93. The van der Waals surface area contributed by atoms with E-state index in [1.165, 1.54) is 17.6 Å². The van der Waals surface area contributed by atoms with E-state index in [-0.39, 0.29) is 23.7 Å². The SMILES string of the molecule is Cc1cc(C2CCC(NC(=O)C(c3cncnc3)N(C(=O)CCl)c3ccc(-c4cnco4)cc3)C2)n[nH]1. The number of benzene rings is 1. The van der Waals surface area contributed by atoms with E-state index in [1.54, 1.807) is 42.9 Å². The van der Waals surface area contributed by atoms with Crippen LogP contribution in [0.4, 0.5) is 5.69 Å². The lowest BCUT2D eigenvalue weighted by Gasteiger charge is -2.31. The summed E-state index contributed by atoms with van der Waals surface area (Å²) in [5.74, 6) is -0.190. The van der Waals surface area contributed by atoms with E-state index in [4.69, 9.17) is 16.0 Å². The highest BCUT2D eigenvalue weighted by Crippen LogP contribution is 2.35. The van der Waals surface area contributed by atoms with Gasteiger partial charge in [0, 0.05) is 46.9 Å². The smallest absolute Gasteiger partial charge is 0.248 e. The molecule has 2 amide bonds. The Kier molecular flexibility index (Phi) is 7.27. The first-order valence-electron chi connectivity index (χ1n) is 12.0. The van der Waals surface area contributed by atoms with E-state index in [9.17, 15) is 9.59 Å². The highest BCUT2D eigenvalue weighted by molar-refractivity contribution is 6.29. The summed E-state index contributed by atoms with van der Waals surface area (Å²) in [5.41, 5.74) is 3.79. The topological polar surface area (TPSA) is 130 Å². The molecule has 1 aromatic carbocycles. The molecule has 0 aliphatic heterocycles. The van der Waals surface area contributed by atoms with Crippen LogP contribution in [0.5, 0.6) is 0 Å². The fourth-order valence-electron chi connectivity index (χ4n) is 4.83. The van der Waals surface area contributed by atoms with Crippen LogP contribution in [-0.4, -0.2) is 48.9 Å². The third kappa shape index (κ3) is 5.39. The first kappa shape index (κ1) is 24.6. The number of anilines is 1. The van der Waals surface area contributed by atoms with E-state index in [0.717, 1.165) is 36.2 Å². The molecule has 3 heterocycles. The van der Waals surface area contributed by atoms with Crippen LogP contribution in [0.2, 0.25) is 0 Å². The van der Waals surface area contributed by atoms with Gasteiger partial charge in [0.1, 0.15) is 18.2 Å². The molecular formula is C26H26ClN7O3. The van der Waals surface area contributed by atoms with Crippen LogP contribution in [-0.2, 0) is 9.59 Å². The fourth-order valence-corrected chi connectivity index (χ4v) is 4.95. The lowest BCUT2D eigenvalue weighted by Crippen LogP contribution is -2.47. The average molecular weight is 520 g/mol. The lowest BCUT2D eigenvalue weighted by atomic mass is 10.0. The Labute approximate surface area is 218 Å². The molecule has 5 rings (SSSR count). The summed E-state index contributed by atoms with van der Waals surface area (Å²) in [7, 11) is 0. The number of H-pyrrole nitrogens is 1. The van der Waals surface area contributed by atoms with Crippen LogP contribution in [0, 0.1) is 6.92 Å². The zero-order valence-corrected chi connectivity index (χ0v) is 20.9. The number of carbonyl (C=O) groups is 2. The normalized spacial score (nSPS) is 17.9. The monoisotopic (exact) mass is 519 g/mol. The Morgan fingerprint density at radius 1 is 1.16 bits per heavy atom. The average Bonchev–Trinajstić information content (AvgIpc) is 3.70. The number of carbonyl (C=O) groups excluding carboxylic acids is 2. The van der Waals surface area contributed by atoms with Gasteiger partial charge in [0.25, 0.3) is 0 Å². The molecule has 3 atom stereocenters. The maximum Gasteiger partial charge on any atom is 0.248 e. The fraction of sp³-hybridized carbons (Fsp3) is 0.308. The third-order valence-electron chi connectivity index (χ3n) is 6.57. The number of hydrogen-bond acceptors (Lipinski definition) is 7. The van der Waals surface area contributed by atoms with Gasteiger partial charge in [-0.05, 0) is 56.5 Å². The number of aryl methyl sites for hydroxylation is 1. The van der Waals surface area contributed by atoms with E-state index in [0.29, 0.717) is 17.0 Å². The molecule has 0 radical (unpaired) electrons. The van der Waals surface area contributed by atoms with E-state index >= 15 is 0 Å². The Balaban J connectivity index is 1.42. The van der Waals surface area contributed by atoms with Crippen molar-refractivity contribution in [2.45, 2.75) is 44.2 Å². The lowest BCUT2D eigenvalue weighted by molar-refractivity contribution is -0.126. The molecule has 2 N–H and O–H groups in total. The number of alkyl halides is 1. The van der Waals surface area contributed by atoms with Crippen LogP contribution in [0.25, 0.3) is 11.3 Å². The number of aromatic nitrogens is 5. The second-order valence-corrected chi connectivity index (χ2v) is 9.34. The van der Waals surface area contributed by atoms with Crippen molar-refractivity contribution in [3.63, 3.8) is 0 Å². The first-order chi connectivity index (χ1) is 18.0. The molecule has 4 aromatic rings. The van der Waals surface area contributed by atoms with Gasteiger partial charge in [0.2, 0.25) is 11.8 Å². The minimum Gasteiger partial charge on any atom is -0.444 e. The van der Waals surface area contributed by atoms with Crippen LogP contribution in [0.3, 0.4) is 0 Å². The zero-order valence-electron chi connectivity index (χ0n) is 20.2. The summed E-state index contributed by atoms with van der Waals surface area (Å²) in [4.78, 5) is 40.5. The minimum absolute atomic E-state index is 0.0524. The van der Waals surface area contributed by atoms with Crippen molar-refractivity contribution in [2.24, 2.45) is 0 Å². The number of nitrogens with zero attached hydrogens (tertiary/aromatic N) is 5. The molecule has 1 aliphatic rings. The Morgan fingerprint density at radius 3 is 2.59 bits per heavy atom. The van der Waals surface area contributed by atoms with E-state index < -0.39 is 11.9 Å². The van der Waals surface area contributed by atoms with Gasteiger partial charge in [-0.3, -0.25) is 19.6 Å². The summed E-state index contributed by atoms with van der Waals surface area (Å²) in [6.45, 7) is 1.97. The van der Waals surface area contributed by atoms with Crippen LogP contribution in [0.15, 0.2) is 66.1 Å². The van der Waals surface area contributed by atoms with Crippen molar-refractivity contribution in [3.8, 4) is 11.3 Å². The predicted molar refractivity (Wildman–Crippen MR) is 137 cm³/mol. The quantitative estimate of drug-likeness (QED) is 0.337. The number of nitrogens with one attached hydrogen (secondary N) is 2. The van der Waals surface area contributed by atoms with Gasteiger partial charge < -0.3 is 9.73 Å². The molecule has 190 valence electrons. The molecule has 3 aromatic heterocycles. The Morgan fingerprint density at radius 2 is 1.95 bits per heavy atom. The first-order valence-corrected chi connectivity index (χ1v) is 12.5. The standard InChI is InChI=1S/C26H26ClN7O3/c1-16-8-22(33-32-16)18-2-5-20(9-18)31-26(36)25(19-11-28-14-29-12-19)34(24(35)10-27)21-6-3-17(4-7-21)23-13-30-15-37-23/h3-4,6-8,11-15,18,20,25H,2,5,9-10H2,1H3,(H,31,36)(H,32,33). The number of hydrogen-bond donors (Lipinski definition) is 2. The summed E-state index contributed by atoms with van der Waals surface area (Å²) < 4.78 is 5.36. The maximum absolute atomic E-state index is 13.8. The number of amides is 2. The zero-order chi connectivity index (χ0) is 25.8. The molecule has 0 bridgehead atoms. The van der Waals surface area contributed by atoms with E-state index in [2.05, 4.69) is 30.5 Å². The molecule has 1 aliphatic carbocycles.